The Hall–Kier alpha value is -2.41. The Kier molecular flexibility index (Phi) is 4.57. The smallest absolute Gasteiger partial charge is 0.303 e. The van der Waals surface area contributed by atoms with Gasteiger partial charge in [0.1, 0.15) is 11.5 Å². The van der Waals surface area contributed by atoms with E-state index in [1.165, 1.54) is 5.01 Å². The maximum atomic E-state index is 12.4. The van der Waals surface area contributed by atoms with Crippen LogP contribution in [0.1, 0.15) is 42.4 Å². The summed E-state index contributed by atoms with van der Waals surface area (Å²) in [5, 5.41) is 16.6. The minimum Gasteiger partial charge on any atom is -0.481 e. The summed E-state index contributed by atoms with van der Waals surface area (Å²) in [6.45, 7) is 0. The molecule has 0 aliphatic carbocycles. The Labute approximate surface area is 137 Å². The van der Waals surface area contributed by atoms with Crippen LogP contribution >= 0.6 is 11.3 Å². The summed E-state index contributed by atoms with van der Waals surface area (Å²) in [4.78, 5) is 24.1. The molecule has 2 aromatic rings. The molecule has 23 heavy (non-hydrogen) atoms. The second-order valence-electron chi connectivity index (χ2n) is 5.24. The van der Waals surface area contributed by atoms with Crippen molar-refractivity contribution in [3.63, 3.8) is 0 Å². The van der Waals surface area contributed by atoms with Gasteiger partial charge < -0.3 is 9.52 Å². The van der Waals surface area contributed by atoms with Gasteiger partial charge in [-0.2, -0.15) is 5.10 Å². The minimum absolute atomic E-state index is 0.0159. The summed E-state index contributed by atoms with van der Waals surface area (Å²) in [5.41, 5.74) is 0.736. The van der Waals surface area contributed by atoms with E-state index in [4.69, 9.17) is 9.52 Å². The van der Waals surface area contributed by atoms with Gasteiger partial charge >= 0.3 is 5.97 Å². The van der Waals surface area contributed by atoms with Crippen molar-refractivity contribution >= 4 is 28.9 Å². The zero-order valence-corrected chi connectivity index (χ0v) is 13.2. The number of furan rings is 1. The highest BCUT2D eigenvalue weighted by atomic mass is 32.1. The van der Waals surface area contributed by atoms with E-state index in [1.54, 1.807) is 23.7 Å². The van der Waals surface area contributed by atoms with Crippen molar-refractivity contribution < 1.29 is 19.1 Å². The van der Waals surface area contributed by atoms with Gasteiger partial charge in [-0.3, -0.25) is 9.59 Å². The third-order valence-corrected chi connectivity index (χ3v) is 4.60. The van der Waals surface area contributed by atoms with Crippen LogP contribution in [0.4, 0.5) is 0 Å². The average molecular weight is 332 g/mol. The maximum absolute atomic E-state index is 12.4. The van der Waals surface area contributed by atoms with Gasteiger partial charge in [-0.1, -0.05) is 6.07 Å². The Balaban J connectivity index is 1.77. The number of carbonyl (C=O) groups is 2. The van der Waals surface area contributed by atoms with Crippen LogP contribution in [0.25, 0.3) is 0 Å². The van der Waals surface area contributed by atoms with Gasteiger partial charge in [0.25, 0.3) is 0 Å². The number of amides is 1. The molecule has 1 aliphatic rings. The van der Waals surface area contributed by atoms with E-state index in [9.17, 15) is 9.59 Å². The fourth-order valence-electron chi connectivity index (χ4n) is 2.54. The molecular formula is C16H16N2O4S. The topological polar surface area (TPSA) is 83.1 Å². The predicted molar refractivity (Wildman–Crippen MR) is 85.3 cm³/mol. The number of aliphatic carboxylic acids is 1. The molecule has 120 valence electrons. The van der Waals surface area contributed by atoms with Crippen LogP contribution in [-0.4, -0.2) is 27.7 Å². The summed E-state index contributed by atoms with van der Waals surface area (Å²) in [7, 11) is 0. The lowest BCUT2D eigenvalue weighted by molar-refractivity contribution is -0.137. The lowest BCUT2D eigenvalue weighted by Gasteiger charge is -2.20. The van der Waals surface area contributed by atoms with Crippen molar-refractivity contribution in [2.45, 2.75) is 31.7 Å². The monoisotopic (exact) mass is 332 g/mol. The SMILES string of the molecule is O=C(O)CCCC(=O)N1N=C(c2ccco2)CC1c1cccs1. The normalized spacial score (nSPS) is 17.3. The van der Waals surface area contributed by atoms with E-state index in [0.29, 0.717) is 18.6 Å². The molecule has 1 N–H and O–H groups in total. The van der Waals surface area contributed by atoms with Gasteiger partial charge in [0.15, 0.2) is 0 Å². The first-order valence-electron chi connectivity index (χ1n) is 7.34. The summed E-state index contributed by atoms with van der Waals surface area (Å²) >= 11 is 1.58. The Morgan fingerprint density at radius 3 is 2.87 bits per heavy atom. The highest BCUT2D eigenvalue weighted by molar-refractivity contribution is 7.10. The summed E-state index contributed by atoms with van der Waals surface area (Å²) in [6, 6.07) is 7.39. The van der Waals surface area contributed by atoms with Gasteiger partial charge in [0.2, 0.25) is 5.91 Å². The Morgan fingerprint density at radius 2 is 2.22 bits per heavy atom. The van der Waals surface area contributed by atoms with Crippen molar-refractivity contribution in [1.82, 2.24) is 5.01 Å². The Bertz CT molecular complexity index is 707. The number of hydrogen-bond donors (Lipinski definition) is 1. The molecule has 0 saturated heterocycles. The minimum atomic E-state index is -0.895. The van der Waals surface area contributed by atoms with Crippen LogP contribution in [0.5, 0.6) is 0 Å². The Morgan fingerprint density at radius 1 is 1.35 bits per heavy atom. The standard InChI is InChI=1S/C16H16N2O4S/c19-15(6-1-7-16(20)21)18-12(14-5-3-9-23-14)10-11(17-18)13-4-2-8-22-13/h2-5,8-9,12H,1,6-7,10H2,(H,20,21). The molecule has 0 radical (unpaired) electrons. The first-order chi connectivity index (χ1) is 11.1. The molecule has 6 nitrogen and oxygen atoms in total. The maximum Gasteiger partial charge on any atom is 0.303 e. The zero-order valence-electron chi connectivity index (χ0n) is 12.3. The number of carboxylic acid groups (broad SMARTS) is 1. The van der Waals surface area contributed by atoms with Gasteiger partial charge in [-0.15, -0.1) is 11.3 Å². The van der Waals surface area contributed by atoms with E-state index in [2.05, 4.69) is 5.10 Å². The fraction of sp³-hybridized carbons (Fsp3) is 0.312. The molecule has 0 fully saturated rings. The van der Waals surface area contributed by atoms with Crippen LogP contribution in [-0.2, 0) is 9.59 Å². The van der Waals surface area contributed by atoms with Crippen molar-refractivity contribution in [2.75, 3.05) is 0 Å². The van der Waals surface area contributed by atoms with Gasteiger partial charge in [-0.05, 0) is 30.0 Å². The predicted octanol–water partition coefficient (Wildman–Crippen LogP) is 3.27. The zero-order chi connectivity index (χ0) is 16.2. The van der Waals surface area contributed by atoms with Gasteiger partial charge in [0, 0.05) is 24.1 Å². The molecule has 2 aromatic heterocycles. The lowest BCUT2D eigenvalue weighted by Crippen LogP contribution is -2.26. The van der Waals surface area contributed by atoms with E-state index >= 15 is 0 Å². The summed E-state index contributed by atoms with van der Waals surface area (Å²) < 4.78 is 5.38. The number of hydrogen-bond acceptors (Lipinski definition) is 5. The number of hydrazone groups is 1. The number of thiophene rings is 1. The average Bonchev–Trinajstić information content (AvgIpc) is 3.26. The molecule has 1 amide bonds. The van der Waals surface area contributed by atoms with E-state index in [0.717, 1.165) is 10.6 Å². The first kappa shape index (κ1) is 15.5. The molecule has 0 aromatic carbocycles. The molecule has 7 heteroatoms. The van der Waals surface area contributed by atoms with Crippen molar-refractivity contribution in [2.24, 2.45) is 5.10 Å². The molecule has 0 bridgehead atoms. The molecule has 1 unspecified atom stereocenters. The molecule has 0 spiro atoms. The van der Waals surface area contributed by atoms with Crippen molar-refractivity contribution in [3.05, 3.63) is 46.5 Å². The highest BCUT2D eigenvalue weighted by Crippen LogP contribution is 2.35. The molecular weight excluding hydrogens is 316 g/mol. The quantitative estimate of drug-likeness (QED) is 0.880. The lowest BCUT2D eigenvalue weighted by atomic mass is 10.1. The van der Waals surface area contributed by atoms with E-state index in [1.807, 2.05) is 23.6 Å². The van der Waals surface area contributed by atoms with Crippen LogP contribution in [0.3, 0.4) is 0 Å². The largest absolute Gasteiger partial charge is 0.481 e. The third kappa shape index (κ3) is 3.50. The van der Waals surface area contributed by atoms with E-state index < -0.39 is 5.97 Å². The molecule has 0 saturated carbocycles. The van der Waals surface area contributed by atoms with Crippen LogP contribution in [0, 0.1) is 0 Å². The fourth-order valence-corrected chi connectivity index (χ4v) is 3.35. The number of carbonyl (C=O) groups excluding carboxylic acids is 1. The molecule has 1 atom stereocenters. The molecule has 3 heterocycles. The summed E-state index contributed by atoms with van der Waals surface area (Å²) in [5.74, 6) is -0.396. The van der Waals surface area contributed by atoms with Gasteiger partial charge in [-0.25, -0.2) is 5.01 Å². The van der Waals surface area contributed by atoms with Crippen LogP contribution in [0.15, 0.2) is 45.4 Å². The van der Waals surface area contributed by atoms with Gasteiger partial charge in [0.05, 0.1) is 12.3 Å². The summed E-state index contributed by atoms with van der Waals surface area (Å²) in [6.07, 6.45) is 2.64. The number of carboxylic acids is 1. The first-order valence-corrected chi connectivity index (χ1v) is 8.21. The number of rotatable bonds is 6. The van der Waals surface area contributed by atoms with Crippen LogP contribution < -0.4 is 0 Å². The molecule has 1 aliphatic heterocycles. The number of nitrogens with zero attached hydrogens (tertiary/aromatic N) is 2. The van der Waals surface area contributed by atoms with Crippen LogP contribution in [0.2, 0.25) is 0 Å². The molecule has 3 rings (SSSR count). The third-order valence-electron chi connectivity index (χ3n) is 3.62. The second-order valence-corrected chi connectivity index (χ2v) is 6.22. The van der Waals surface area contributed by atoms with E-state index in [-0.39, 0.29) is 24.8 Å². The van der Waals surface area contributed by atoms with Crippen molar-refractivity contribution in [1.29, 1.82) is 0 Å². The highest BCUT2D eigenvalue weighted by Gasteiger charge is 2.34. The second kappa shape index (κ2) is 6.78. The van der Waals surface area contributed by atoms with Crippen molar-refractivity contribution in [3.8, 4) is 0 Å².